The molecule has 0 aromatic heterocycles. The van der Waals surface area contributed by atoms with Crippen LogP contribution in [0.25, 0.3) is 0 Å². The zero-order chi connectivity index (χ0) is 14.9. The number of hydrogen-bond acceptors (Lipinski definition) is 3. The number of likely N-dealkylation sites (tertiary alicyclic amines) is 1. The molecule has 3 heteroatoms. The van der Waals surface area contributed by atoms with Gasteiger partial charge in [-0.3, -0.25) is 4.90 Å². The first-order chi connectivity index (χ1) is 10.3. The molecule has 1 aromatic rings. The Balaban J connectivity index is 1.79. The number of para-hydroxylation sites is 1. The van der Waals surface area contributed by atoms with Gasteiger partial charge in [0.05, 0.1) is 0 Å². The average Bonchev–Trinajstić information content (AvgIpc) is 2.96. The van der Waals surface area contributed by atoms with Crippen molar-refractivity contribution in [2.45, 2.75) is 52.1 Å². The van der Waals surface area contributed by atoms with Gasteiger partial charge >= 0.3 is 0 Å². The summed E-state index contributed by atoms with van der Waals surface area (Å²) in [7, 11) is 0. The van der Waals surface area contributed by atoms with Crippen molar-refractivity contribution in [3.05, 3.63) is 29.8 Å². The topological polar surface area (TPSA) is 24.5 Å². The largest absolute Gasteiger partial charge is 0.492 e. The molecule has 1 heterocycles. The van der Waals surface area contributed by atoms with Crippen molar-refractivity contribution in [1.82, 2.24) is 10.2 Å². The van der Waals surface area contributed by atoms with E-state index in [1.54, 1.807) is 0 Å². The van der Waals surface area contributed by atoms with Crippen LogP contribution in [0.3, 0.4) is 0 Å². The normalized spacial score (nSPS) is 19.0. The minimum Gasteiger partial charge on any atom is -0.492 e. The first kappa shape index (κ1) is 16.3. The maximum absolute atomic E-state index is 6.04. The van der Waals surface area contributed by atoms with E-state index in [9.17, 15) is 0 Å². The maximum Gasteiger partial charge on any atom is 0.123 e. The first-order valence-electron chi connectivity index (χ1n) is 8.50. The highest BCUT2D eigenvalue weighted by atomic mass is 16.5. The van der Waals surface area contributed by atoms with Crippen LogP contribution in [0.2, 0.25) is 0 Å². The van der Waals surface area contributed by atoms with Crippen LogP contribution < -0.4 is 10.1 Å². The van der Waals surface area contributed by atoms with Gasteiger partial charge in [0.15, 0.2) is 0 Å². The number of nitrogens with one attached hydrogen (secondary N) is 1. The molecule has 0 radical (unpaired) electrons. The van der Waals surface area contributed by atoms with Crippen molar-refractivity contribution in [2.75, 3.05) is 26.2 Å². The van der Waals surface area contributed by atoms with Gasteiger partial charge in [0.1, 0.15) is 12.4 Å². The smallest absolute Gasteiger partial charge is 0.123 e. The molecule has 1 aromatic carbocycles. The second-order valence-electron chi connectivity index (χ2n) is 5.87. The van der Waals surface area contributed by atoms with Crippen molar-refractivity contribution < 1.29 is 4.74 Å². The van der Waals surface area contributed by atoms with Crippen LogP contribution in [0, 0.1) is 0 Å². The van der Waals surface area contributed by atoms with Gasteiger partial charge in [0.25, 0.3) is 0 Å². The van der Waals surface area contributed by atoms with Crippen LogP contribution in [0.4, 0.5) is 0 Å². The third-order valence-corrected chi connectivity index (χ3v) is 4.32. The molecule has 0 bridgehead atoms. The van der Waals surface area contributed by atoms with E-state index in [0.29, 0.717) is 0 Å². The van der Waals surface area contributed by atoms with E-state index in [4.69, 9.17) is 4.74 Å². The second-order valence-corrected chi connectivity index (χ2v) is 5.87. The lowest BCUT2D eigenvalue weighted by atomic mass is 10.2. The molecule has 1 aliphatic rings. The van der Waals surface area contributed by atoms with Crippen molar-refractivity contribution in [1.29, 1.82) is 0 Å². The number of benzene rings is 1. The minimum atomic E-state index is 0.773. The van der Waals surface area contributed by atoms with Crippen LogP contribution in [0.15, 0.2) is 24.3 Å². The molecule has 0 saturated carbocycles. The highest BCUT2D eigenvalue weighted by molar-refractivity contribution is 5.33. The molecule has 1 aliphatic heterocycles. The summed E-state index contributed by atoms with van der Waals surface area (Å²) >= 11 is 0. The fourth-order valence-electron chi connectivity index (χ4n) is 3.12. The summed E-state index contributed by atoms with van der Waals surface area (Å²) in [6.45, 7) is 9.51. The van der Waals surface area contributed by atoms with Crippen molar-refractivity contribution >= 4 is 0 Å². The van der Waals surface area contributed by atoms with Crippen LogP contribution in [0.1, 0.15) is 45.1 Å². The first-order valence-corrected chi connectivity index (χ1v) is 8.50. The van der Waals surface area contributed by atoms with Gasteiger partial charge in [-0.25, -0.2) is 0 Å². The summed E-state index contributed by atoms with van der Waals surface area (Å²) in [4.78, 5) is 2.58. The molecule has 21 heavy (non-hydrogen) atoms. The van der Waals surface area contributed by atoms with E-state index < -0.39 is 0 Å². The van der Waals surface area contributed by atoms with E-state index in [1.807, 2.05) is 0 Å². The molecular weight excluding hydrogens is 260 g/mol. The van der Waals surface area contributed by atoms with Crippen molar-refractivity contribution in [3.63, 3.8) is 0 Å². The Hall–Kier alpha value is -1.06. The lowest BCUT2D eigenvalue weighted by Gasteiger charge is -2.23. The summed E-state index contributed by atoms with van der Waals surface area (Å²) in [6, 6.07) is 9.16. The molecule has 0 aliphatic carbocycles. The fraction of sp³-hybridized carbons (Fsp3) is 0.667. The predicted octanol–water partition coefficient (Wildman–Crippen LogP) is 3.44. The second kappa shape index (κ2) is 9.06. The van der Waals surface area contributed by atoms with Gasteiger partial charge in [-0.05, 0) is 44.8 Å². The third-order valence-electron chi connectivity index (χ3n) is 4.32. The van der Waals surface area contributed by atoms with Crippen LogP contribution in [-0.4, -0.2) is 37.2 Å². The highest BCUT2D eigenvalue weighted by Gasteiger charge is 2.22. The Bertz CT molecular complexity index is 408. The van der Waals surface area contributed by atoms with Crippen molar-refractivity contribution in [3.8, 4) is 5.75 Å². The van der Waals surface area contributed by atoms with Crippen molar-refractivity contribution in [2.24, 2.45) is 0 Å². The Morgan fingerprint density at radius 3 is 2.95 bits per heavy atom. The zero-order valence-electron chi connectivity index (χ0n) is 13.6. The van der Waals surface area contributed by atoms with Gasteiger partial charge < -0.3 is 10.1 Å². The minimum absolute atomic E-state index is 0.773. The fourth-order valence-corrected chi connectivity index (χ4v) is 3.12. The Morgan fingerprint density at radius 2 is 2.14 bits per heavy atom. The summed E-state index contributed by atoms with van der Waals surface area (Å²) in [6.07, 6.45) is 5.12. The molecule has 1 fully saturated rings. The molecule has 118 valence electrons. The SMILES string of the molecule is CCCNCc1ccccc1OCCN1CCCC1CC. The third kappa shape index (κ3) is 5.01. The standard InChI is InChI=1S/C18H30N2O/c1-3-11-19-15-16-8-5-6-10-18(16)21-14-13-20-12-7-9-17(20)4-2/h5-6,8,10,17,19H,3-4,7,9,11-15H2,1-2H3. The van der Waals surface area contributed by atoms with Gasteiger partial charge in [0.2, 0.25) is 0 Å². The molecule has 3 nitrogen and oxygen atoms in total. The monoisotopic (exact) mass is 290 g/mol. The summed E-state index contributed by atoms with van der Waals surface area (Å²) < 4.78 is 6.04. The quantitative estimate of drug-likeness (QED) is 0.705. The summed E-state index contributed by atoms with van der Waals surface area (Å²) in [5.41, 5.74) is 1.26. The van der Waals surface area contributed by atoms with Gasteiger partial charge in [-0.2, -0.15) is 0 Å². The Morgan fingerprint density at radius 1 is 1.29 bits per heavy atom. The number of hydrogen-bond donors (Lipinski definition) is 1. The van der Waals surface area contributed by atoms with E-state index in [0.717, 1.165) is 44.5 Å². The number of ether oxygens (including phenoxy) is 1. The van der Waals surface area contributed by atoms with E-state index >= 15 is 0 Å². The highest BCUT2D eigenvalue weighted by Crippen LogP contribution is 2.21. The van der Waals surface area contributed by atoms with Gasteiger partial charge in [-0.1, -0.05) is 32.0 Å². The summed E-state index contributed by atoms with van der Waals surface area (Å²) in [5, 5.41) is 3.45. The van der Waals surface area contributed by atoms with E-state index in [1.165, 1.54) is 31.4 Å². The molecule has 0 spiro atoms. The van der Waals surface area contributed by atoms with E-state index in [2.05, 4.69) is 48.3 Å². The van der Waals surface area contributed by atoms with Crippen LogP contribution in [0.5, 0.6) is 5.75 Å². The molecule has 1 atom stereocenters. The molecule has 1 saturated heterocycles. The summed E-state index contributed by atoms with van der Waals surface area (Å²) in [5.74, 6) is 1.04. The van der Waals surface area contributed by atoms with Crippen LogP contribution in [-0.2, 0) is 6.54 Å². The lowest BCUT2D eigenvalue weighted by molar-refractivity contribution is 0.193. The Labute approximate surface area is 129 Å². The van der Waals surface area contributed by atoms with Gasteiger partial charge in [-0.15, -0.1) is 0 Å². The van der Waals surface area contributed by atoms with E-state index in [-0.39, 0.29) is 0 Å². The molecule has 1 unspecified atom stereocenters. The molecule has 1 N–H and O–H groups in total. The Kier molecular flexibility index (Phi) is 7.04. The predicted molar refractivity (Wildman–Crippen MR) is 88.8 cm³/mol. The number of rotatable bonds is 9. The maximum atomic E-state index is 6.04. The van der Waals surface area contributed by atoms with Crippen LogP contribution >= 0.6 is 0 Å². The van der Waals surface area contributed by atoms with Gasteiger partial charge in [0, 0.05) is 24.7 Å². The molecule has 0 amide bonds. The number of nitrogens with zero attached hydrogens (tertiary/aromatic N) is 1. The molecular formula is C18H30N2O. The zero-order valence-corrected chi connectivity index (χ0v) is 13.6. The lowest BCUT2D eigenvalue weighted by Crippen LogP contribution is -2.32. The molecule has 2 rings (SSSR count). The average molecular weight is 290 g/mol.